The van der Waals surface area contributed by atoms with Crippen LogP contribution in [-0.2, 0) is 4.79 Å². The van der Waals surface area contributed by atoms with Crippen molar-refractivity contribution >= 4 is 23.6 Å². The molecule has 2 aromatic rings. The summed E-state index contributed by atoms with van der Waals surface area (Å²) in [5.74, 6) is 1.46. The maximum atomic E-state index is 12.8. The van der Waals surface area contributed by atoms with E-state index in [4.69, 9.17) is 9.47 Å². The van der Waals surface area contributed by atoms with E-state index < -0.39 is 6.10 Å². The molecule has 3 heterocycles. The Kier molecular flexibility index (Phi) is 6.42. The number of carbonyl (C=O) groups is 2. The number of nitrogens with one attached hydrogen (secondary N) is 1. The molecule has 2 aliphatic rings. The second kappa shape index (κ2) is 9.38. The van der Waals surface area contributed by atoms with Gasteiger partial charge in [0.2, 0.25) is 6.10 Å². The molecule has 1 fully saturated rings. The highest BCUT2D eigenvalue weighted by Gasteiger charge is 2.29. The predicted octanol–water partition coefficient (Wildman–Crippen LogP) is 2.61. The smallest absolute Gasteiger partial charge is 0.264 e. The van der Waals surface area contributed by atoms with Crippen LogP contribution in [0, 0.1) is 5.92 Å². The van der Waals surface area contributed by atoms with Gasteiger partial charge in [-0.2, -0.15) is 0 Å². The van der Waals surface area contributed by atoms with Crippen molar-refractivity contribution in [2.75, 3.05) is 32.5 Å². The molecule has 0 unspecified atom stereocenters. The molecule has 1 aromatic heterocycles. The Morgan fingerprint density at radius 1 is 1.17 bits per heavy atom. The van der Waals surface area contributed by atoms with Crippen LogP contribution in [0.3, 0.4) is 0 Å². The number of rotatable bonds is 5. The number of ether oxygens (including phenoxy) is 2. The average molecular weight is 428 g/mol. The quantitative estimate of drug-likeness (QED) is 0.739. The van der Waals surface area contributed by atoms with E-state index in [-0.39, 0.29) is 18.4 Å². The highest BCUT2D eigenvalue weighted by atomic mass is 32.2. The maximum absolute atomic E-state index is 12.8. The first-order chi connectivity index (χ1) is 14.7. The molecule has 0 saturated carbocycles. The number of nitrogens with zero attached hydrogens (tertiary/aromatic N) is 2. The number of benzene rings is 1. The van der Waals surface area contributed by atoms with Crippen LogP contribution in [0.5, 0.6) is 11.5 Å². The minimum absolute atomic E-state index is 0.0290. The third-order valence-electron chi connectivity index (χ3n) is 5.46. The van der Waals surface area contributed by atoms with E-state index in [1.165, 1.54) is 11.8 Å². The molecule has 1 atom stereocenters. The van der Waals surface area contributed by atoms with Crippen molar-refractivity contribution in [3.8, 4) is 11.5 Å². The van der Waals surface area contributed by atoms with Gasteiger partial charge in [-0.15, -0.1) is 11.8 Å². The van der Waals surface area contributed by atoms with Crippen LogP contribution in [0.25, 0.3) is 0 Å². The Hall–Kier alpha value is -2.74. The summed E-state index contributed by atoms with van der Waals surface area (Å²) in [5, 5.41) is 3.74. The fraction of sp³-hybridized carbons (Fsp3) is 0.409. The van der Waals surface area contributed by atoms with Gasteiger partial charge in [0.1, 0.15) is 11.6 Å². The summed E-state index contributed by atoms with van der Waals surface area (Å²) in [6.45, 7) is 2.14. The number of pyridine rings is 1. The predicted molar refractivity (Wildman–Crippen MR) is 114 cm³/mol. The maximum Gasteiger partial charge on any atom is 0.264 e. The van der Waals surface area contributed by atoms with Crippen molar-refractivity contribution in [2.45, 2.75) is 24.0 Å². The van der Waals surface area contributed by atoms with E-state index in [2.05, 4.69) is 10.3 Å². The largest absolute Gasteiger partial charge is 0.485 e. The van der Waals surface area contributed by atoms with Crippen molar-refractivity contribution in [1.82, 2.24) is 15.2 Å². The van der Waals surface area contributed by atoms with Gasteiger partial charge in [0.05, 0.1) is 5.56 Å². The lowest BCUT2D eigenvalue weighted by Crippen LogP contribution is -2.47. The number of hydrogen-bond donors (Lipinski definition) is 1. The van der Waals surface area contributed by atoms with Crippen LogP contribution >= 0.6 is 11.8 Å². The zero-order valence-electron chi connectivity index (χ0n) is 16.9. The summed E-state index contributed by atoms with van der Waals surface area (Å²) in [5.41, 5.74) is 0.659. The van der Waals surface area contributed by atoms with Crippen LogP contribution in [0.4, 0.5) is 0 Å². The van der Waals surface area contributed by atoms with Crippen LogP contribution < -0.4 is 14.8 Å². The monoisotopic (exact) mass is 427 g/mol. The first-order valence-corrected chi connectivity index (χ1v) is 11.3. The normalized spacial score (nSPS) is 18.7. The average Bonchev–Trinajstić information content (AvgIpc) is 2.82. The third kappa shape index (κ3) is 4.53. The van der Waals surface area contributed by atoms with Crippen LogP contribution in [0.1, 0.15) is 23.2 Å². The number of thioether (sulfide) groups is 1. The van der Waals surface area contributed by atoms with Gasteiger partial charge in [-0.05, 0) is 49.3 Å². The number of fused-ring (bicyclic) bond motifs is 1. The fourth-order valence-corrected chi connectivity index (χ4v) is 4.28. The van der Waals surface area contributed by atoms with E-state index in [1.807, 2.05) is 35.4 Å². The highest BCUT2D eigenvalue weighted by Crippen LogP contribution is 2.31. The molecule has 8 heteroatoms. The van der Waals surface area contributed by atoms with Gasteiger partial charge >= 0.3 is 0 Å². The van der Waals surface area contributed by atoms with Crippen LogP contribution in [0.15, 0.2) is 47.6 Å². The second-order valence-corrected chi connectivity index (χ2v) is 8.20. The Balaban J connectivity index is 1.24. The van der Waals surface area contributed by atoms with Gasteiger partial charge in [-0.1, -0.05) is 12.1 Å². The zero-order chi connectivity index (χ0) is 20.9. The molecule has 0 radical (unpaired) electrons. The summed E-state index contributed by atoms with van der Waals surface area (Å²) in [7, 11) is 0. The molecule has 1 aromatic carbocycles. The number of likely N-dealkylation sites (tertiary alicyclic amines) is 1. The summed E-state index contributed by atoms with van der Waals surface area (Å²) in [6.07, 6.45) is 4.69. The number of amides is 2. The Bertz CT molecular complexity index is 915. The molecule has 7 nitrogen and oxygen atoms in total. The van der Waals surface area contributed by atoms with Gasteiger partial charge in [0.25, 0.3) is 11.8 Å². The highest BCUT2D eigenvalue weighted by molar-refractivity contribution is 7.98. The number of piperidine rings is 1. The standard InChI is InChI=1S/C22H25N3O4S/c1-30-21-16(5-4-10-23-21)22(27)25-11-8-15(9-12-25)13-24-20(26)19-14-28-17-6-2-3-7-18(17)29-19/h2-7,10,15,19H,8-9,11-14H2,1H3,(H,24,26)/t19-/m0/s1. The fourth-order valence-electron chi connectivity index (χ4n) is 3.73. The lowest BCUT2D eigenvalue weighted by molar-refractivity contribution is -0.130. The molecular weight excluding hydrogens is 402 g/mol. The van der Waals surface area contributed by atoms with Crippen molar-refractivity contribution in [3.05, 3.63) is 48.2 Å². The summed E-state index contributed by atoms with van der Waals surface area (Å²) in [6, 6.07) is 11.0. The second-order valence-electron chi connectivity index (χ2n) is 7.41. The molecule has 0 aliphatic carbocycles. The molecule has 0 bridgehead atoms. The number of hydrogen-bond acceptors (Lipinski definition) is 6. The Morgan fingerprint density at radius 2 is 1.93 bits per heavy atom. The minimum atomic E-state index is -0.642. The topological polar surface area (TPSA) is 80.8 Å². The lowest BCUT2D eigenvalue weighted by atomic mass is 9.96. The van der Waals surface area contributed by atoms with Gasteiger partial charge in [-0.3, -0.25) is 9.59 Å². The van der Waals surface area contributed by atoms with E-state index in [9.17, 15) is 9.59 Å². The van der Waals surface area contributed by atoms with Crippen LogP contribution in [0.2, 0.25) is 0 Å². The Labute approximate surface area is 180 Å². The Morgan fingerprint density at radius 3 is 2.70 bits per heavy atom. The lowest BCUT2D eigenvalue weighted by Gasteiger charge is -2.33. The third-order valence-corrected chi connectivity index (χ3v) is 6.17. The van der Waals surface area contributed by atoms with E-state index in [0.29, 0.717) is 42.6 Å². The number of aromatic nitrogens is 1. The van der Waals surface area contributed by atoms with E-state index in [0.717, 1.165) is 17.9 Å². The van der Waals surface area contributed by atoms with Gasteiger partial charge in [0.15, 0.2) is 11.5 Å². The molecule has 30 heavy (non-hydrogen) atoms. The van der Waals surface area contributed by atoms with Crippen molar-refractivity contribution in [1.29, 1.82) is 0 Å². The van der Waals surface area contributed by atoms with Crippen molar-refractivity contribution in [3.63, 3.8) is 0 Å². The SMILES string of the molecule is CSc1ncccc1C(=O)N1CCC(CNC(=O)[C@@H]2COc3ccccc3O2)CC1. The summed E-state index contributed by atoms with van der Waals surface area (Å²) >= 11 is 1.48. The summed E-state index contributed by atoms with van der Waals surface area (Å²) in [4.78, 5) is 31.5. The van der Waals surface area contributed by atoms with Crippen molar-refractivity contribution in [2.24, 2.45) is 5.92 Å². The molecule has 4 rings (SSSR count). The van der Waals surface area contributed by atoms with Gasteiger partial charge < -0.3 is 19.7 Å². The first kappa shape index (κ1) is 20.5. The first-order valence-electron chi connectivity index (χ1n) is 10.1. The van der Waals surface area contributed by atoms with Crippen molar-refractivity contribution < 1.29 is 19.1 Å². The van der Waals surface area contributed by atoms with Crippen LogP contribution in [-0.4, -0.2) is 60.3 Å². The minimum Gasteiger partial charge on any atom is -0.485 e. The van der Waals surface area contributed by atoms with Gasteiger partial charge in [0, 0.05) is 25.8 Å². The van der Waals surface area contributed by atoms with E-state index >= 15 is 0 Å². The number of para-hydroxylation sites is 2. The molecule has 2 aliphatic heterocycles. The van der Waals surface area contributed by atoms with Gasteiger partial charge in [-0.25, -0.2) is 4.98 Å². The van der Waals surface area contributed by atoms with E-state index in [1.54, 1.807) is 18.3 Å². The number of carbonyl (C=O) groups excluding carboxylic acids is 2. The summed E-state index contributed by atoms with van der Waals surface area (Å²) < 4.78 is 11.4. The molecule has 2 amide bonds. The molecular formula is C22H25N3O4S. The zero-order valence-corrected chi connectivity index (χ0v) is 17.7. The molecule has 1 saturated heterocycles. The molecule has 0 spiro atoms. The molecule has 1 N–H and O–H groups in total. The molecule has 158 valence electrons.